The first kappa shape index (κ1) is 14.6. The predicted molar refractivity (Wildman–Crippen MR) is 97.8 cm³/mol. The molecular weight excluding hydrogens is 332 g/mol. The van der Waals surface area contributed by atoms with E-state index in [0.29, 0.717) is 17.5 Å². The molecule has 0 amide bonds. The number of hydrogen-bond donors (Lipinski definition) is 0. The Morgan fingerprint density at radius 2 is 2.16 bits per heavy atom. The minimum absolute atomic E-state index is 0.478. The highest BCUT2D eigenvalue weighted by atomic mass is 32.1. The van der Waals surface area contributed by atoms with Crippen molar-refractivity contribution in [2.45, 2.75) is 12.5 Å². The fourth-order valence-electron chi connectivity index (χ4n) is 3.92. The Morgan fingerprint density at radius 3 is 2.96 bits per heavy atom. The van der Waals surface area contributed by atoms with Gasteiger partial charge in [-0.25, -0.2) is 9.97 Å². The first-order valence-corrected chi connectivity index (χ1v) is 9.22. The van der Waals surface area contributed by atoms with Crippen molar-refractivity contribution in [1.29, 1.82) is 5.26 Å². The monoisotopic (exact) mass is 348 g/mol. The van der Waals surface area contributed by atoms with Gasteiger partial charge in [-0.05, 0) is 24.6 Å². The third-order valence-corrected chi connectivity index (χ3v) is 6.25. The van der Waals surface area contributed by atoms with Gasteiger partial charge in [0, 0.05) is 37.9 Å². The minimum Gasteiger partial charge on any atom is -0.354 e. The number of thiazole rings is 1. The molecule has 5 heterocycles. The lowest BCUT2D eigenvalue weighted by atomic mass is 10.1. The van der Waals surface area contributed by atoms with Gasteiger partial charge in [0.25, 0.3) is 0 Å². The molecule has 124 valence electrons. The molecule has 2 saturated heterocycles. The number of nitrogens with zero attached hydrogens (tertiary/aromatic N) is 6. The molecule has 0 N–H and O–H groups in total. The van der Waals surface area contributed by atoms with E-state index in [-0.39, 0.29) is 0 Å². The Morgan fingerprint density at radius 1 is 1.20 bits per heavy atom. The van der Waals surface area contributed by atoms with Gasteiger partial charge < -0.3 is 9.80 Å². The van der Waals surface area contributed by atoms with Crippen LogP contribution in [0.2, 0.25) is 0 Å². The number of pyridine rings is 2. The Labute approximate surface area is 149 Å². The Bertz CT molecular complexity index is 927. The maximum absolute atomic E-state index is 8.93. The molecule has 0 aliphatic carbocycles. The van der Waals surface area contributed by atoms with Gasteiger partial charge in [0.1, 0.15) is 17.4 Å². The summed E-state index contributed by atoms with van der Waals surface area (Å²) in [6.45, 7) is 3.04. The van der Waals surface area contributed by atoms with Crippen molar-refractivity contribution in [2.75, 3.05) is 29.4 Å². The van der Waals surface area contributed by atoms with Gasteiger partial charge in [0.05, 0.1) is 22.5 Å². The van der Waals surface area contributed by atoms with Crippen molar-refractivity contribution in [3.8, 4) is 6.07 Å². The zero-order valence-corrected chi connectivity index (χ0v) is 14.4. The van der Waals surface area contributed by atoms with Gasteiger partial charge in [-0.15, -0.1) is 0 Å². The second kappa shape index (κ2) is 5.67. The zero-order valence-electron chi connectivity index (χ0n) is 13.5. The van der Waals surface area contributed by atoms with E-state index < -0.39 is 0 Å². The van der Waals surface area contributed by atoms with Crippen LogP contribution < -0.4 is 9.80 Å². The summed E-state index contributed by atoms with van der Waals surface area (Å²) in [5.74, 6) is 1.60. The standard InChI is InChI=1S/C18H16N6S/c19-7-12-1-2-17(21-8-12)23-10-13-4-6-24(15(13)11-23)18-22-14-9-20-5-3-16(14)25-18/h1-3,5,8-9,13,15H,4,6,10-11H2. The van der Waals surface area contributed by atoms with E-state index in [4.69, 9.17) is 10.2 Å². The third kappa shape index (κ3) is 2.41. The number of hydrogen-bond acceptors (Lipinski definition) is 7. The summed E-state index contributed by atoms with van der Waals surface area (Å²) in [5.41, 5.74) is 1.59. The average Bonchev–Trinajstić information content (AvgIpc) is 3.34. The molecule has 0 aromatic carbocycles. The highest BCUT2D eigenvalue weighted by molar-refractivity contribution is 7.22. The zero-order chi connectivity index (χ0) is 16.8. The van der Waals surface area contributed by atoms with Crippen molar-refractivity contribution in [2.24, 2.45) is 5.92 Å². The Balaban J connectivity index is 1.39. The van der Waals surface area contributed by atoms with Crippen LogP contribution in [0.3, 0.4) is 0 Å². The molecule has 0 saturated carbocycles. The fourth-order valence-corrected chi connectivity index (χ4v) is 4.93. The fraction of sp³-hybridized carbons (Fsp3) is 0.333. The summed E-state index contributed by atoms with van der Waals surface area (Å²) < 4.78 is 1.19. The van der Waals surface area contributed by atoms with Gasteiger partial charge in [-0.2, -0.15) is 5.26 Å². The largest absolute Gasteiger partial charge is 0.354 e. The Hall–Kier alpha value is -2.72. The van der Waals surface area contributed by atoms with Gasteiger partial charge in [0.15, 0.2) is 5.13 Å². The number of fused-ring (bicyclic) bond motifs is 2. The molecule has 7 heteroatoms. The molecule has 3 aromatic rings. The lowest BCUT2D eigenvalue weighted by Gasteiger charge is -2.24. The van der Waals surface area contributed by atoms with E-state index in [0.717, 1.165) is 36.1 Å². The molecule has 3 aromatic heterocycles. The molecule has 6 nitrogen and oxygen atoms in total. The van der Waals surface area contributed by atoms with Crippen LogP contribution in [-0.4, -0.2) is 40.6 Å². The van der Waals surface area contributed by atoms with E-state index in [2.05, 4.69) is 25.8 Å². The molecule has 2 unspecified atom stereocenters. The normalized spacial score (nSPS) is 22.4. The SMILES string of the molecule is N#Cc1ccc(N2CC3CCN(c4nc5cnccc5s4)C3C2)nc1. The van der Waals surface area contributed by atoms with E-state index in [9.17, 15) is 0 Å². The van der Waals surface area contributed by atoms with Crippen molar-refractivity contribution in [3.63, 3.8) is 0 Å². The molecule has 0 bridgehead atoms. The topological polar surface area (TPSA) is 68.9 Å². The van der Waals surface area contributed by atoms with Crippen LogP contribution >= 0.6 is 11.3 Å². The third-order valence-electron chi connectivity index (χ3n) is 5.17. The quantitative estimate of drug-likeness (QED) is 0.709. The van der Waals surface area contributed by atoms with Gasteiger partial charge in [0.2, 0.25) is 0 Å². The maximum Gasteiger partial charge on any atom is 0.186 e. The summed E-state index contributed by atoms with van der Waals surface area (Å²) in [6, 6.07) is 8.43. The van der Waals surface area contributed by atoms with Gasteiger partial charge in [-0.3, -0.25) is 4.98 Å². The molecule has 5 rings (SSSR count). The predicted octanol–water partition coefficient (Wildman–Crippen LogP) is 2.67. The van der Waals surface area contributed by atoms with Crippen molar-refractivity contribution >= 4 is 32.5 Å². The van der Waals surface area contributed by atoms with E-state index >= 15 is 0 Å². The van der Waals surface area contributed by atoms with Crippen LogP contribution in [-0.2, 0) is 0 Å². The summed E-state index contributed by atoms with van der Waals surface area (Å²) in [4.78, 5) is 18.2. The molecule has 0 spiro atoms. The van der Waals surface area contributed by atoms with Crippen LogP contribution in [0.15, 0.2) is 36.8 Å². The summed E-state index contributed by atoms with van der Waals surface area (Å²) in [6.07, 6.45) is 6.50. The minimum atomic E-state index is 0.478. The number of nitriles is 1. The lowest BCUT2D eigenvalue weighted by molar-refractivity contribution is 0.581. The van der Waals surface area contributed by atoms with Crippen molar-refractivity contribution < 1.29 is 0 Å². The molecule has 2 atom stereocenters. The molecular formula is C18H16N6S. The number of aromatic nitrogens is 3. The second-order valence-electron chi connectivity index (χ2n) is 6.57. The average molecular weight is 348 g/mol. The van der Waals surface area contributed by atoms with E-state index in [1.165, 1.54) is 11.1 Å². The van der Waals surface area contributed by atoms with Crippen molar-refractivity contribution in [1.82, 2.24) is 15.0 Å². The number of anilines is 2. The Kier molecular flexibility index (Phi) is 3.31. The summed E-state index contributed by atoms with van der Waals surface area (Å²) in [5, 5.41) is 10.0. The smallest absolute Gasteiger partial charge is 0.186 e. The summed E-state index contributed by atoms with van der Waals surface area (Å²) >= 11 is 1.75. The van der Waals surface area contributed by atoms with Crippen LogP contribution in [0.1, 0.15) is 12.0 Å². The molecule has 2 fully saturated rings. The molecule has 2 aliphatic rings. The van der Waals surface area contributed by atoms with Crippen LogP contribution in [0.5, 0.6) is 0 Å². The highest BCUT2D eigenvalue weighted by Crippen LogP contribution is 2.39. The maximum atomic E-state index is 8.93. The van der Waals surface area contributed by atoms with Crippen molar-refractivity contribution in [3.05, 3.63) is 42.4 Å². The van der Waals surface area contributed by atoms with Crippen LogP contribution in [0, 0.1) is 17.2 Å². The number of rotatable bonds is 2. The van der Waals surface area contributed by atoms with Gasteiger partial charge in [-0.1, -0.05) is 11.3 Å². The van der Waals surface area contributed by atoms with Gasteiger partial charge >= 0.3 is 0 Å². The molecule has 2 aliphatic heterocycles. The van der Waals surface area contributed by atoms with Crippen LogP contribution in [0.25, 0.3) is 10.2 Å². The van der Waals surface area contributed by atoms with E-state index in [1.807, 2.05) is 30.6 Å². The first-order chi connectivity index (χ1) is 12.3. The summed E-state index contributed by atoms with van der Waals surface area (Å²) in [7, 11) is 0. The van der Waals surface area contributed by atoms with E-state index in [1.54, 1.807) is 17.5 Å². The molecule has 25 heavy (non-hydrogen) atoms. The van der Waals surface area contributed by atoms with Crippen LogP contribution in [0.4, 0.5) is 10.9 Å². The highest BCUT2D eigenvalue weighted by Gasteiger charge is 2.42. The second-order valence-corrected chi connectivity index (χ2v) is 7.58. The first-order valence-electron chi connectivity index (χ1n) is 8.40. The lowest BCUT2D eigenvalue weighted by Crippen LogP contribution is -2.35. The molecule has 0 radical (unpaired) electrons.